The quantitative estimate of drug-likeness (QED) is 0.245. The van der Waals surface area contributed by atoms with Gasteiger partial charge in [0, 0.05) is 36.8 Å². The number of benzene rings is 2. The summed E-state index contributed by atoms with van der Waals surface area (Å²) >= 11 is 12.2. The van der Waals surface area contributed by atoms with Gasteiger partial charge < -0.3 is 36.2 Å². The number of aliphatic hydroxyl groups excluding tert-OH is 1. The van der Waals surface area contributed by atoms with Crippen molar-refractivity contribution in [3.05, 3.63) is 52.0 Å². The van der Waals surface area contributed by atoms with Crippen LogP contribution in [0.25, 0.3) is 0 Å². The van der Waals surface area contributed by atoms with Crippen LogP contribution >= 0.6 is 23.2 Å². The van der Waals surface area contributed by atoms with Crippen LogP contribution in [0.1, 0.15) is 18.4 Å². The zero-order valence-electron chi connectivity index (χ0n) is 23.2. The number of carbonyl (C=O) groups excluding carboxylic acids is 1. The lowest BCUT2D eigenvalue weighted by atomic mass is 10.0. The summed E-state index contributed by atoms with van der Waals surface area (Å²) in [5.74, 6) is -2.70. The van der Waals surface area contributed by atoms with E-state index in [0.717, 1.165) is 37.5 Å². The summed E-state index contributed by atoms with van der Waals surface area (Å²) in [4.78, 5) is 24.7. The number of β-amino-alcohol motifs (C(OH)–C–C–N with tert-alkyl or cyclic N) is 1. The van der Waals surface area contributed by atoms with Crippen molar-refractivity contribution in [2.75, 3.05) is 43.0 Å². The van der Waals surface area contributed by atoms with Crippen molar-refractivity contribution < 1.29 is 46.5 Å². The number of amides is 2. The van der Waals surface area contributed by atoms with Crippen molar-refractivity contribution in [1.29, 1.82) is 0 Å². The first-order valence-electron chi connectivity index (χ1n) is 13.4. The number of carboxylic acid groups (broad SMARTS) is 1. The van der Waals surface area contributed by atoms with Gasteiger partial charge in [0.25, 0.3) is 6.43 Å². The smallest absolute Gasteiger partial charge is 0.486 e. The van der Waals surface area contributed by atoms with Crippen LogP contribution in [0.3, 0.4) is 0 Å². The number of likely N-dealkylation sites (tertiary alicyclic amines) is 1. The fourth-order valence-electron chi connectivity index (χ4n) is 4.86. The van der Waals surface area contributed by atoms with E-state index in [1.807, 2.05) is 29.2 Å². The molecule has 0 aromatic heterocycles. The molecule has 2 fully saturated rings. The van der Waals surface area contributed by atoms with Crippen LogP contribution in [-0.4, -0.2) is 90.7 Å². The first kappa shape index (κ1) is 35.4. The minimum atomic E-state index is -5.08. The molecule has 10 nitrogen and oxygen atoms in total. The van der Waals surface area contributed by atoms with E-state index in [4.69, 9.17) is 43.6 Å². The fraction of sp³-hybridized carbons (Fsp3) is 0.481. The summed E-state index contributed by atoms with van der Waals surface area (Å²) < 4.78 is 62.2. The number of nitrogens with zero attached hydrogens (tertiary/aromatic N) is 2. The maximum Gasteiger partial charge on any atom is 0.490 e. The van der Waals surface area contributed by atoms with E-state index in [1.165, 1.54) is 17.7 Å². The Labute approximate surface area is 259 Å². The maximum atomic E-state index is 12.7. The molecule has 0 bridgehead atoms. The Bertz CT molecular complexity index is 1270. The first-order valence-corrected chi connectivity index (χ1v) is 14.1. The predicted octanol–water partition coefficient (Wildman–Crippen LogP) is 4.56. The van der Waals surface area contributed by atoms with Gasteiger partial charge in [0.05, 0.1) is 28.5 Å². The monoisotopic (exact) mass is 671 g/mol. The van der Waals surface area contributed by atoms with Crippen LogP contribution < -0.4 is 26.0 Å². The number of rotatable bonds is 9. The van der Waals surface area contributed by atoms with Gasteiger partial charge in [0.2, 0.25) is 0 Å². The van der Waals surface area contributed by atoms with Gasteiger partial charge in [-0.15, -0.1) is 0 Å². The molecule has 0 aliphatic carbocycles. The van der Waals surface area contributed by atoms with Crippen LogP contribution in [0.4, 0.5) is 38.1 Å². The summed E-state index contributed by atoms with van der Waals surface area (Å²) in [6.07, 6.45) is -6.53. The van der Waals surface area contributed by atoms with Crippen LogP contribution in [0.5, 0.6) is 5.75 Å². The SMILES string of the molecule is NC(=O)Nc1cc(Cl)c(OCC(F)F)cc1N1CC(NC2CCN(Cc3ccc(Cl)cc3)CC2)[C@H](O)C1.O=C(O)C(F)(F)F. The van der Waals surface area contributed by atoms with Gasteiger partial charge in [-0.3, -0.25) is 4.90 Å². The van der Waals surface area contributed by atoms with Crippen LogP contribution in [0.15, 0.2) is 36.4 Å². The topological polar surface area (TPSA) is 140 Å². The maximum absolute atomic E-state index is 12.7. The van der Waals surface area contributed by atoms with E-state index in [0.29, 0.717) is 17.9 Å². The fourth-order valence-corrected chi connectivity index (χ4v) is 5.20. The Hall–Kier alpha value is -3.11. The third-order valence-electron chi connectivity index (χ3n) is 6.90. The molecule has 6 N–H and O–H groups in total. The zero-order valence-corrected chi connectivity index (χ0v) is 24.7. The van der Waals surface area contributed by atoms with Crippen molar-refractivity contribution in [3.63, 3.8) is 0 Å². The second-order valence-electron chi connectivity index (χ2n) is 10.2. The molecule has 2 aromatic carbocycles. The van der Waals surface area contributed by atoms with Crippen LogP contribution in [-0.2, 0) is 11.3 Å². The van der Waals surface area contributed by atoms with Crippen molar-refractivity contribution in [2.45, 2.75) is 50.2 Å². The number of carbonyl (C=O) groups is 2. The molecule has 0 saturated carbocycles. The largest absolute Gasteiger partial charge is 0.490 e. The molecule has 0 spiro atoms. The molecule has 2 heterocycles. The minimum Gasteiger partial charge on any atom is -0.486 e. The summed E-state index contributed by atoms with van der Waals surface area (Å²) in [5, 5.41) is 24.8. The number of aliphatic carboxylic acids is 1. The highest BCUT2D eigenvalue weighted by Gasteiger charge is 2.38. The molecule has 244 valence electrons. The lowest BCUT2D eigenvalue weighted by molar-refractivity contribution is -0.192. The average Bonchev–Trinajstić information content (AvgIpc) is 3.29. The van der Waals surface area contributed by atoms with E-state index in [2.05, 4.69) is 15.5 Å². The summed E-state index contributed by atoms with van der Waals surface area (Å²) in [6, 6.07) is 10.0. The first-order chi connectivity index (χ1) is 20.6. The predicted molar refractivity (Wildman–Crippen MR) is 155 cm³/mol. The van der Waals surface area contributed by atoms with Gasteiger partial charge in [0.15, 0.2) is 0 Å². The highest BCUT2D eigenvalue weighted by atomic mass is 35.5. The summed E-state index contributed by atoms with van der Waals surface area (Å²) in [6.45, 7) is 2.63. The number of carboxylic acids is 1. The second-order valence-corrected chi connectivity index (χ2v) is 11.1. The standard InChI is InChI=1S/C25H31Cl2F2N5O3.C2HF3O2/c26-16-3-1-15(2-4-16)11-33-7-5-17(6-8-33)31-20-12-34(13-22(20)35)21-10-23(37-14-24(28)29)18(27)9-19(21)32-25(30)36;3-2(4,5)1(6)7/h1-4,9-10,17,20,22,24,31,35H,5-8,11-14H2,(H3,30,32,36);(H,6,7)/t20?,22-;/m1./s1. The molecule has 2 saturated heterocycles. The number of halogens is 7. The Morgan fingerprint density at radius 2 is 1.70 bits per heavy atom. The van der Waals surface area contributed by atoms with E-state index >= 15 is 0 Å². The molecule has 2 aliphatic rings. The number of piperidine rings is 1. The number of hydrogen-bond donors (Lipinski definition) is 5. The number of primary amides is 1. The molecular formula is C27H32Cl2F5N5O5. The molecule has 44 heavy (non-hydrogen) atoms. The number of aliphatic hydroxyl groups is 1. The van der Waals surface area contributed by atoms with E-state index in [1.54, 1.807) is 0 Å². The zero-order chi connectivity index (χ0) is 32.6. The van der Waals surface area contributed by atoms with Gasteiger partial charge in [-0.1, -0.05) is 35.3 Å². The Balaban J connectivity index is 0.000000676. The van der Waals surface area contributed by atoms with Gasteiger partial charge >= 0.3 is 18.2 Å². The van der Waals surface area contributed by atoms with E-state index < -0.39 is 37.3 Å². The van der Waals surface area contributed by atoms with Gasteiger partial charge in [-0.2, -0.15) is 13.2 Å². The van der Waals surface area contributed by atoms with Gasteiger partial charge in [-0.25, -0.2) is 18.4 Å². The van der Waals surface area contributed by atoms with Crippen molar-refractivity contribution in [3.8, 4) is 5.75 Å². The molecule has 2 atom stereocenters. The summed E-state index contributed by atoms with van der Waals surface area (Å²) in [5.41, 5.74) is 7.32. The molecule has 4 rings (SSSR count). The molecule has 1 unspecified atom stereocenters. The Morgan fingerprint density at radius 3 is 2.25 bits per heavy atom. The number of hydrogen-bond acceptors (Lipinski definition) is 7. The molecule has 17 heteroatoms. The van der Waals surface area contributed by atoms with Crippen molar-refractivity contribution in [1.82, 2.24) is 10.2 Å². The van der Waals surface area contributed by atoms with E-state index in [9.17, 15) is 31.9 Å². The Kier molecular flexibility index (Phi) is 12.7. The minimum absolute atomic E-state index is 0.0611. The number of nitrogens with two attached hydrogens (primary N) is 1. The van der Waals surface area contributed by atoms with Gasteiger partial charge in [-0.05, 0) is 49.7 Å². The molecular weight excluding hydrogens is 640 g/mol. The molecule has 2 amide bonds. The normalized spacial score (nSPS) is 19.4. The number of ether oxygens (including phenoxy) is 1. The lowest BCUT2D eigenvalue weighted by Crippen LogP contribution is -2.49. The highest BCUT2D eigenvalue weighted by molar-refractivity contribution is 6.32. The van der Waals surface area contributed by atoms with Crippen molar-refractivity contribution >= 4 is 46.6 Å². The van der Waals surface area contributed by atoms with Gasteiger partial charge in [0.1, 0.15) is 12.4 Å². The number of nitrogens with one attached hydrogen (secondary N) is 2. The number of anilines is 2. The van der Waals surface area contributed by atoms with E-state index in [-0.39, 0.29) is 29.4 Å². The van der Waals surface area contributed by atoms with Crippen LogP contribution in [0, 0.1) is 0 Å². The second kappa shape index (κ2) is 15.8. The van der Waals surface area contributed by atoms with Crippen molar-refractivity contribution in [2.24, 2.45) is 5.73 Å². The molecule has 2 aromatic rings. The third kappa shape index (κ3) is 10.8. The lowest BCUT2D eigenvalue weighted by Gasteiger charge is -2.34. The summed E-state index contributed by atoms with van der Waals surface area (Å²) in [7, 11) is 0. The average molecular weight is 672 g/mol. The van der Waals surface area contributed by atoms with Crippen LogP contribution in [0.2, 0.25) is 10.0 Å². The number of alkyl halides is 5. The third-order valence-corrected chi connectivity index (χ3v) is 7.45. The molecule has 0 radical (unpaired) electrons. The number of urea groups is 1. The molecule has 2 aliphatic heterocycles. The Morgan fingerprint density at radius 1 is 1.09 bits per heavy atom. The highest BCUT2D eigenvalue weighted by Crippen LogP contribution is 2.38.